The summed E-state index contributed by atoms with van der Waals surface area (Å²) in [5, 5.41) is 8.14. The predicted molar refractivity (Wildman–Crippen MR) is 171 cm³/mol. The second-order valence-corrected chi connectivity index (χ2v) is 20.0. The fourth-order valence-electron chi connectivity index (χ4n) is 6.37. The van der Waals surface area contributed by atoms with Gasteiger partial charge in [0.05, 0.1) is 6.20 Å². The highest BCUT2D eigenvalue weighted by molar-refractivity contribution is 6.76. The minimum Gasteiger partial charge on any atom is -0.472 e. The highest BCUT2D eigenvalue weighted by atomic mass is 28.3. The summed E-state index contributed by atoms with van der Waals surface area (Å²) < 4.78 is 19.6. The van der Waals surface area contributed by atoms with Gasteiger partial charge in [0.15, 0.2) is 0 Å². The highest BCUT2D eigenvalue weighted by Gasteiger charge is 2.45. The zero-order valence-electron chi connectivity index (χ0n) is 26.4. The van der Waals surface area contributed by atoms with Gasteiger partial charge in [-0.25, -0.2) is 9.48 Å². The summed E-state index contributed by atoms with van der Waals surface area (Å²) in [6.45, 7) is 14.6. The largest absolute Gasteiger partial charge is 0.472 e. The lowest BCUT2D eigenvalue weighted by molar-refractivity contribution is 0.00682. The number of carbonyl (C=O) groups is 1. The minimum absolute atomic E-state index is 0.184. The van der Waals surface area contributed by atoms with Gasteiger partial charge in [0.1, 0.15) is 24.8 Å². The first kappa shape index (κ1) is 29.7. The van der Waals surface area contributed by atoms with E-state index in [1.165, 1.54) is 0 Å². The topological polar surface area (TPSA) is 90.7 Å². The average molecular weight is 604 g/mol. The van der Waals surface area contributed by atoms with Crippen molar-refractivity contribution < 1.29 is 19.0 Å². The van der Waals surface area contributed by atoms with Crippen LogP contribution in [0.5, 0.6) is 5.88 Å². The number of nitrogens with one attached hydrogen (secondary N) is 1. The van der Waals surface area contributed by atoms with Gasteiger partial charge in [-0.3, -0.25) is 0 Å². The number of carbonyl (C=O) groups excluding carboxylic acids is 1. The summed E-state index contributed by atoms with van der Waals surface area (Å²) in [6.07, 6.45) is 7.58. The maximum absolute atomic E-state index is 12.8. The van der Waals surface area contributed by atoms with Crippen molar-refractivity contribution in [2.75, 3.05) is 11.9 Å². The van der Waals surface area contributed by atoms with Crippen molar-refractivity contribution in [2.24, 2.45) is 0 Å². The Morgan fingerprint density at radius 2 is 1.81 bits per heavy atom. The van der Waals surface area contributed by atoms with E-state index in [1.807, 2.05) is 48.8 Å². The summed E-state index contributed by atoms with van der Waals surface area (Å²) in [5.74, 6) is 1.47. The van der Waals surface area contributed by atoms with E-state index < -0.39 is 13.7 Å². The van der Waals surface area contributed by atoms with Crippen molar-refractivity contribution in [3.8, 4) is 28.1 Å². The molecule has 2 bridgehead atoms. The number of benzene rings is 1. The van der Waals surface area contributed by atoms with Gasteiger partial charge in [0.25, 0.3) is 0 Å². The lowest BCUT2D eigenvalue weighted by Crippen LogP contribution is -2.51. The third-order valence-electron chi connectivity index (χ3n) is 8.50. The molecule has 10 heteroatoms. The van der Waals surface area contributed by atoms with Crippen LogP contribution in [0.4, 0.5) is 10.6 Å². The molecule has 3 aliphatic heterocycles. The van der Waals surface area contributed by atoms with Gasteiger partial charge in [0.2, 0.25) is 5.88 Å². The van der Waals surface area contributed by atoms with Gasteiger partial charge in [-0.2, -0.15) is 10.1 Å². The molecule has 0 radical (unpaired) electrons. The Labute approximate surface area is 255 Å². The number of nitrogens with zero attached hydrogens (tertiary/aromatic N) is 4. The van der Waals surface area contributed by atoms with E-state index in [-0.39, 0.29) is 24.2 Å². The molecule has 3 atom stereocenters. The van der Waals surface area contributed by atoms with Crippen LogP contribution in [0.2, 0.25) is 25.7 Å². The van der Waals surface area contributed by atoms with Crippen LogP contribution in [0.1, 0.15) is 52.0 Å². The van der Waals surface area contributed by atoms with Crippen LogP contribution in [0.25, 0.3) is 22.3 Å². The molecule has 2 fully saturated rings. The SMILES string of the molecule is CC(C)(C)OC(=O)N1[C@@H]2CC[C@H]1CC(Nc1ccc3c(n1)OCc1cc(-c4cnn(COCC[Si](C)(C)C)c4)ccc1-3)C2. The van der Waals surface area contributed by atoms with Crippen molar-refractivity contribution >= 4 is 20.0 Å². The molecule has 2 saturated heterocycles. The zero-order chi connectivity index (χ0) is 30.4. The van der Waals surface area contributed by atoms with Crippen molar-refractivity contribution in [1.29, 1.82) is 0 Å². The molecule has 6 rings (SSSR count). The Balaban J connectivity index is 1.08. The predicted octanol–water partition coefficient (Wildman–Crippen LogP) is 7.16. The number of hydrogen-bond acceptors (Lipinski definition) is 7. The van der Waals surface area contributed by atoms with Crippen molar-refractivity contribution in [2.45, 2.75) is 109 Å². The van der Waals surface area contributed by atoms with Crippen molar-refractivity contribution in [1.82, 2.24) is 19.7 Å². The van der Waals surface area contributed by atoms with Crippen LogP contribution in [0.15, 0.2) is 42.7 Å². The summed E-state index contributed by atoms with van der Waals surface area (Å²) in [6, 6.07) is 12.4. The molecule has 1 amide bonds. The number of hydrogen-bond donors (Lipinski definition) is 1. The Kier molecular flexibility index (Phi) is 8.02. The first-order chi connectivity index (χ1) is 20.4. The number of ether oxygens (including phenoxy) is 3. The van der Waals surface area contributed by atoms with E-state index in [2.05, 4.69) is 54.3 Å². The summed E-state index contributed by atoms with van der Waals surface area (Å²) in [5.41, 5.74) is 4.98. The number of piperidine rings is 1. The lowest BCUT2D eigenvalue weighted by Gasteiger charge is -2.39. The van der Waals surface area contributed by atoms with Crippen molar-refractivity contribution in [3.63, 3.8) is 0 Å². The normalized spacial score (nSPS) is 21.2. The summed E-state index contributed by atoms with van der Waals surface area (Å²) in [7, 11) is -1.10. The number of anilines is 1. The molecule has 0 saturated carbocycles. The number of rotatable bonds is 8. The maximum atomic E-state index is 12.8. The molecule has 1 unspecified atom stereocenters. The molecular formula is C33H45N5O4Si. The van der Waals surface area contributed by atoms with Gasteiger partial charge >= 0.3 is 6.09 Å². The summed E-state index contributed by atoms with van der Waals surface area (Å²) >= 11 is 0. The minimum atomic E-state index is -1.10. The van der Waals surface area contributed by atoms with E-state index in [1.54, 1.807) is 0 Å². The van der Waals surface area contributed by atoms with Crippen LogP contribution >= 0.6 is 0 Å². The first-order valence-electron chi connectivity index (χ1n) is 15.6. The third kappa shape index (κ3) is 6.91. The van der Waals surface area contributed by atoms with Crippen molar-refractivity contribution in [3.05, 3.63) is 48.3 Å². The van der Waals surface area contributed by atoms with Crippen LogP contribution in [-0.4, -0.2) is 64.2 Å². The van der Waals surface area contributed by atoms with E-state index in [9.17, 15) is 4.79 Å². The molecule has 0 aliphatic carbocycles. The summed E-state index contributed by atoms with van der Waals surface area (Å²) in [4.78, 5) is 19.7. The third-order valence-corrected chi connectivity index (χ3v) is 10.2. The molecule has 43 heavy (non-hydrogen) atoms. The Bertz CT molecular complexity index is 1460. The Morgan fingerprint density at radius 3 is 2.53 bits per heavy atom. The molecule has 3 aromatic rings. The van der Waals surface area contributed by atoms with Crippen LogP contribution in [-0.2, 0) is 22.8 Å². The smallest absolute Gasteiger partial charge is 0.410 e. The Morgan fingerprint density at radius 1 is 1.07 bits per heavy atom. The monoisotopic (exact) mass is 603 g/mol. The van der Waals surface area contributed by atoms with Gasteiger partial charge in [-0.05, 0) is 87.4 Å². The van der Waals surface area contributed by atoms with Crippen LogP contribution in [0, 0.1) is 0 Å². The van der Waals surface area contributed by atoms with E-state index in [0.717, 1.165) is 72.0 Å². The second-order valence-electron chi connectivity index (χ2n) is 14.4. The van der Waals surface area contributed by atoms with E-state index in [4.69, 9.17) is 19.2 Å². The first-order valence-corrected chi connectivity index (χ1v) is 19.3. The quantitative estimate of drug-likeness (QED) is 0.216. The Hall–Kier alpha value is -3.37. The van der Waals surface area contributed by atoms with Crippen LogP contribution < -0.4 is 10.1 Å². The molecule has 5 heterocycles. The van der Waals surface area contributed by atoms with E-state index in [0.29, 0.717) is 19.2 Å². The van der Waals surface area contributed by atoms with Gasteiger partial charge in [0, 0.05) is 50.1 Å². The fourth-order valence-corrected chi connectivity index (χ4v) is 7.13. The number of amides is 1. The van der Waals surface area contributed by atoms with E-state index >= 15 is 0 Å². The highest BCUT2D eigenvalue weighted by Crippen LogP contribution is 2.40. The lowest BCUT2D eigenvalue weighted by atomic mass is 9.95. The van der Waals surface area contributed by atoms with Crippen LogP contribution in [0.3, 0.4) is 0 Å². The standard InChI is InChI=1S/C33H45N5O4Si/c1-33(2,3)42-32(39)38-26-8-9-27(38)17-25(16-26)35-30-12-11-29-28-10-7-22(15-23(28)20-41-31(29)36-30)24-18-34-37(19-24)21-40-13-14-43(4,5)6/h7,10-12,15,18-19,25-27H,8-9,13-14,16-17,20-21H2,1-6H3,(H,35,36)/t25?,26-,27+. The zero-order valence-corrected chi connectivity index (χ0v) is 27.4. The molecule has 9 nitrogen and oxygen atoms in total. The molecule has 1 aromatic carbocycles. The molecule has 1 N–H and O–H groups in total. The molecule has 0 spiro atoms. The average Bonchev–Trinajstić information content (AvgIpc) is 3.51. The van der Waals surface area contributed by atoms with Gasteiger partial charge < -0.3 is 24.4 Å². The maximum Gasteiger partial charge on any atom is 0.410 e. The number of pyridine rings is 1. The molecule has 230 valence electrons. The molecular weight excluding hydrogens is 558 g/mol. The number of aromatic nitrogens is 3. The molecule has 3 aliphatic rings. The fraction of sp³-hybridized carbons (Fsp3) is 0.545. The molecule has 2 aromatic heterocycles. The van der Waals surface area contributed by atoms with Gasteiger partial charge in [-0.15, -0.1) is 0 Å². The second kappa shape index (κ2) is 11.6. The van der Waals surface area contributed by atoms with Gasteiger partial charge in [-0.1, -0.05) is 31.8 Å². The number of fused-ring (bicyclic) bond motifs is 5.